The second-order valence-corrected chi connectivity index (χ2v) is 11.4. The Labute approximate surface area is 266 Å². The van der Waals surface area contributed by atoms with Gasteiger partial charge in [0.25, 0.3) is 0 Å². The van der Waals surface area contributed by atoms with Crippen molar-refractivity contribution in [3.63, 3.8) is 0 Å². The van der Waals surface area contributed by atoms with Crippen LogP contribution in [0.4, 0.5) is 0 Å². The zero-order valence-electron chi connectivity index (χ0n) is 24.9. The third-order valence-electron chi connectivity index (χ3n) is 8.26. The van der Waals surface area contributed by atoms with Crippen LogP contribution < -0.4 is 0 Å². The fraction of sp³-hybridized carbons (Fsp3) is 0.282. The molecule has 5 aromatic rings. The minimum atomic E-state index is 0. The van der Waals surface area contributed by atoms with Gasteiger partial charge < -0.3 is 9.97 Å². The van der Waals surface area contributed by atoms with Crippen LogP contribution in [-0.2, 0) is 26.5 Å². The van der Waals surface area contributed by atoms with Crippen LogP contribution in [0.2, 0.25) is 0 Å². The van der Waals surface area contributed by atoms with Gasteiger partial charge in [-0.05, 0) is 53.4 Å². The van der Waals surface area contributed by atoms with Crippen LogP contribution in [0.15, 0.2) is 103 Å². The van der Waals surface area contributed by atoms with Gasteiger partial charge in [-0.1, -0.05) is 94.0 Å². The fourth-order valence-corrected chi connectivity index (χ4v) is 5.65. The quantitative estimate of drug-likeness (QED) is 0.163. The molecule has 1 aliphatic rings. The van der Waals surface area contributed by atoms with E-state index in [9.17, 15) is 0 Å². The number of aryl methyl sites for hydroxylation is 2. The van der Waals surface area contributed by atoms with Gasteiger partial charge in [0.05, 0.1) is 0 Å². The van der Waals surface area contributed by atoms with Crippen molar-refractivity contribution in [1.82, 2.24) is 9.97 Å². The summed E-state index contributed by atoms with van der Waals surface area (Å²) in [4.78, 5) is 9.06. The molecule has 2 heterocycles. The van der Waals surface area contributed by atoms with E-state index in [1.165, 1.54) is 66.3 Å². The van der Waals surface area contributed by atoms with Crippen molar-refractivity contribution in [1.29, 1.82) is 0 Å². The molecular formula is C39H40IrN2-2. The average Bonchev–Trinajstić information content (AvgIpc) is 3.04. The number of benzene rings is 3. The summed E-state index contributed by atoms with van der Waals surface area (Å²) in [5.41, 5.74) is 10.8. The molecule has 1 aliphatic carbocycles. The van der Waals surface area contributed by atoms with E-state index in [0.29, 0.717) is 5.92 Å². The fourth-order valence-electron chi connectivity index (χ4n) is 5.65. The van der Waals surface area contributed by atoms with Crippen LogP contribution in [0.25, 0.3) is 22.5 Å². The summed E-state index contributed by atoms with van der Waals surface area (Å²) in [7, 11) is 0. The summed E-state index contributed by atoms with van der Waals surface area (Å²) in [6.45, 7) is 6.48. The Bertz CT molecular complexity index is 1510. The smallest absolute Gasteiger partial charge is 0.0192 e. The van der Waals surface area contributed by atoms with Crippen LogP contribution in [0.1, 0.15) is 72.8 Å². The van der Waals surface area contributed by atoms with Crippen molar-refractivity contribution in [2.24, 2.45) is 5.92 Å². The van der Waals surface area contributed by atoms with Crippen LogP contribution >= 0.6 is 0 Å². The second kappa shape index (κ2) is 15.7. The Balaban J connectivity index is 0.000000189. The number of nitrogens with zero attached hydrogens (tertiary/aromatic N) is 2. The normalized spacial score (nSPS) is 13.8. The molecule has 0 saturated heterocycles. The van der Waals surface area contributed by atoms with Crippen molar-refractivity contribution in [3.05, 3.63) is 143 Å². The monoisotopic (exact) mass is 729 g/mol. The average molecular weight is 729 g/mol. The zero-order chi connectivity index (χ0) is 28.4. The maximum absolute atomic E-state index is 4.57. The molecular weight excluding hydrogens is 689 g/mol. The molecule has 217 valence electrons. The van der Waals surface area contributed by atoms with Crippen LogP contribution in [0.3, 0.4) is 0 Å². The summed E-state index contributed by atoms with van der Waals surface area (Å²) >= 11 is 0. The van der Waals surface area contributed by atoms with E-state index in [1.54, 1.807) is 0 Å². The van der Waals surface area contributed by atoms with Gasteiger partial charge in [-0.15, -0.1) is 71.3 Å². The van der Waals surface area contributed by atoms with Crippen molar-refractivity contribution in [2.45, 2.75) is 65.2 Å². The zero-order valence-corrected chi connectivity index (χ0v) is 27.3. The standard InChI is InChI=1S/C20H18N.C19H22N.Ir/c1-15-8-10-18(11-9-15)20-14-19(12-13-21-20)16(2)17-6-4-3-5-7-17;1-15-14-20-19(17-10-6-3-7-11-17)13-18(15)12-16-8-4-2-5-9-16;/h3-10,12-14,16H,1-2H3;3,6-7,10,13-14,16H,2,4-5,8-9,12H2,1H3;/q2*-1;. The van der Waals surface area contributed by atoms with Gasteiger partial charge in [-0.2, -0.15) is 0 Å². The second-order valence-electron chi connectivity index (χ2n) is 11.4. The van der Waals surface area contributed by atoms with Gasteiger partial charge in [0.15, 0.2) is 0 Å². The third-order valence-corrected chi connectivity index (χ3v) is 8.26. The molecule has 0 N–H and O–H groups in total. The molecule has 3 heteroatoms. The largest absolute Gasteiger partial charge is 0.305 e. The molecule has 1 unspecified atom stereocenters. The molecule has 42 heavy (non-hydrogen) atoms. The molecule has 1 radical (unpaired) electrons. The van der Waals surface area contributed by atoms with Crippen molar-refractivity contribution in [2.75, 3.05) is 0 Å². The van der Waals surface area contributed by atoms with Crippen molar-refractivity contribution < 1.29 is 20.1 Å². The summed E-state index contributed by atoms with van der Waals surface area (Å²) in [5, 5.41) is 0. The van der Waals surface area contributed by atoms with E-state index in [0.717, 1.165) is 28.4 Å². The first-order valence-corrected chi connectivity index (χ1v) is 15.0. The Hall–Kier alpha value is -3.39. The van der Waals surface area contributed by atoms with Gasteiger partial charge in [0.1, 0.15) is 0 Å². The summed E-state index contributed by atoms with van der Waals surface area (Å²) in [6, 6.07) is 37.9. The van der Waals surface area contributed by atoms with Crippen molar-refractivity contribution in [3.8, 4) is 22.5 Å². The molecule has 1 atom stereocenters. The Morgan fingerprint density at radius 1 is 0.762 bits per heavy atom. The minimum absolute atomic E-state index is 0. The van der Waals surface area contributed by atoms with Crippen LogP contribution in [0, 0.1) is 31.9 Å². The number of rotatable bonds is 6. The first-order valence-electron chi connectivity index (χ1n) is 15.0. The van der Waals surface area contributed by atoms with Crippen LogP contribution in [0.5, 0.6) is 0 Å². The number of hydrogen-bond acceptors (Lipinski definition) is 2. The summed E-state index contributed by atoms with van der Waals surface area (Å²) < 4.78 is 0. The molecule has 0 amide bonds. The van der Waals surface area contributed by atoms with E-state index in [2.05, 4.69) is 110 Å². The van der Waals surface area contributed by atoms with E-state index in [4.69, 9.17) is 0 Å². The van der Waals surface area contributed by atoms with Gasteiger partial charge in [-0.3, -0.25) is 0 Å². The number of hydrogen-bond donors (Lipinski definition) is 0. The van der Waals surface area contributed by atoms with E-state index < -0.39 is 0 Å². The Morgan fingerprint density at radius 2 is 1.50 bits per heavy atom. The molecule has 0 bridgehead atoms. The van der Waals surface area contributed by atoms with Crippen LogP contribution in [-0.4, -0.2) is 9.97 Å². The number of aromatic nitrogens is 2. The Kier molecular flexibility index (Phi) is 11.8. The van der Waals surface area contributed by atoms with Crippen molar-refractivity contribution >= 4 is 0 Å². The third kappa shape index (κ3) is 8.57. The molecule has 2 aromatic heterocycles. The molecule has 1 saturated carbocycles. The predicted molar refractivity (Wildman–Crippen MR) is 171 cm³/mol. The minimum Gasteiger partial charge on any atom is -0.305 e. The molecule has 2 nitrogen and oxygen atoms in total. The Morgan fingerprint density at radius 3 is 2.21 bits per heavy atom. The maximum Gasteiger partial charge on any atom is 0.0192 e. The van der Waals surface area contributed by atoms with Gasteiger partial charge in [-0.25, -0.2) is 0 Å². The topological polar surface area (TPSA) is 25.8 Å². The molecule has 0 spiro atoms. The molecule has 0 aliphatic heterocycles. The maximum atomic E-state index is 4.57. The molecule has 1 fully saturated rings. The van der Waals surface area contributed by atoms with Gasteiger partial charge in [0.2, 0.25) is 0 Å². The summed E-state index contributed by atoms with van der Waals surface area (Å²) in [6.07, 6.45) is 12.2. The molecule has 3 aromatic carbocycles. The first-order chi connectivity index (χ1) is 20.1. The first kappa shape index (κ1) is 31.5. The number of pyridine rings is 2. The van der Waals surface area contributed by atoms with Gasteiger partial charge in [0, 0.05) is 38.4 Å². The van der Waals surface area contributed by atoms with E-state index >= 15 is 0 Å². The predicted octanol–water partition coefficient (Wildman–Crippen LogP) is 9.99. The van der Waals surface area contributed by atoms with E-state index in [-0.39, 0.29) is 20.1 Å². The van der Waals surface area contributed by atoms with Gasteiger partial charge >= 0.3 is 0 Å². The SMILES string of the molecule is Cc1c[c-]c(-c2cc(C(C)c3ccccc3)ccn2)cc1.Cc1cnc(-c2[c-]cccc2)cc1CC1CCCCC1.[Ir]. The molecule has 6 rings (SSSR count). The van der Waals surface area contributed by atoms with E-state index in [1.807, 2.05) is 36.7 Å². The summed E-state index contributed by atoms with van der Waals surface area (Å²) in [5.74, 6) is 1.23.